The fourth-order valence-electron chi connectivity index (χ4n) is 3.58. The maximum Gasteiger partial charge on any atom is 0.332 e. The number of nitrogens with two attached hydrogens (primary N) is 1. The third-order valence-corrected chi connectivity index (χ3v) is 7.12. The zero-order valence-electron chi connectivity index (χ0n) is 18.8. The number of Topliss-reactive ketones (excluding diaryl/α,β-unsaturated/α-hetero) is 1. The second-order valence-electron chi connectivity index (χ2n) is 7.63. The molecule has 0 aliphatic heterocycles. The minimum Gasteiger partial charge on any atom is -0.384 e. The summed E-state index contributed by atoms with van der Waals surface area (Å²) in [4.78, 5) is 39.2. The van der Waals surface area contributed by atoms with Gasteiger partial charge in [0, 0.05) is 13.6 Å². The Morgan fingerprint density at radius 3 is 2.53 bits per heavy atom. The van der Waals surface area contributed by atoms with E-state index >= 15 is 0 Å². The molecule has 0 saturated carbocycles. The Kier molecular flexibility index (Phi) is 7.13. The molecule has 0 atom stereocenters. The van der Waals surface area contributed by atoms with E-state index in [1.807, 2.05) is 59.3 Å². The number of thioether (sulfide) groups is 1. The van der Waals surface area contributed by atoms with Crippen molar-refractivity contribution in [3.63, 3.8) is 0 Å². The van der Waals surface area contributed by atoms with Crippen LogP contribution in [0, 0.1) is 0 Å². The van der Waals surface area contributed by atoms with E-state index in [1.54, 1.807) is 11.3 Å². The molecular formula is C23H24N6O3S2. The van der Waals surface area contributed by atoms with Crippen molar-refractivity contribution < 1.29 is 4.79 Å². The summed E-state index contributed by atoms with van der Waals surface area (Å²) in [6.45, 7) is 2.74. The van der Waals surface area contributed by atoms with Crippen LogP contribution in [-0.2, 0) is 20.1 Å². The highest BCUT2D eigenvalue weighted by molar-refractivity contribution is 7.99. The molecular weight excluding hydrogens is 472 g/mol. The highest BCUT2D eigenvalue weighted by atomic mass is 32.2. The van der Waals surface area contributed by atoms with Crippen LogP contribution in [0.5, 0.6) is 0 Å². The molecule has 34 heavy (non-hydrogen) atoms. The Bertz CT molecular complexity index is 1420. The predicted octanol–water partition coefficient (Wildman–Crippen LogP) is 2.88. The van der Waals surface area contributed by atoms with Gasteiger partial charge in [-0.2, -0.15) is 0 Å². The average molecular weight is 497 g/mol. The second kappa shape index (κ2) is 10.2. The van der Waals surface area contributed by atoms with Gasteiger partial charge in [0.1, 0.15) is 11.4 Å². The van der Waals surface area contributed by atoms with Crippen molar-refractivity contribution in [2.45, 2.75) is 31.6 Å². The Balaban J connectivity index is 1.65. The van der Waals surface area contributed by atoms with Gasteiger partial charge in [0.25, 0.3) is 5.56 Å². The lowest BCUT2D eigenvalue weighted by molar-refractivity contribution is 0.102. The van der Waals surface area contributed by atoms with Crippen LogP contribution >= 0.6 is 23.1 Å². The number of aromatic nitrogens is 5. The van der Waals surface area contributed by atoms with E-state index in [0.717, 1.165) is 15.0 Å². The fraction of sp³-hybridized carbons (Fsp3) is 0.261. The topological polar surface area (TPSA) is 118 Å². The summed E-state index contributed by atoms with van der Waals surface area (Å²) >= 11 is 2.74. The highest BCUT2D eigenvalue weighted by Gasteiger charge is 2.23. The lowest BCUT2D eigenvalue weighted by Crippen LogP contribution is -2.42. The maximum absolute atomic E-state index is 13.1. The Hall–Kier alpha value is -3.44. The van der Waals surface area contributed by atoms with Crippen molar-refractivity contribution in [1.82, 2.24) is 23.9 Å². The standard InChI is InChI=1S/C23H24N6O3S2/c1-3-11-28-19(24)18(21(31)27(2)23(28)32)16(30)14-34-22-26-25-20(17-10-7-12-33-17)29(22)13-15-8-5-4-6-9-15/h4-10,12H,3,11,13-14,24H2,1-2H3. The third kappa shape index (κ3) is 4.62. The molecule has 0 fully saturated rings. The van der Waals surface area contributed by atoms with E-state index in [4.69, 9.17) is 5.73 Å². The molecule has 0 aliphatic carbocycles. The molecule has 4 rings (SSSR count). The lowest BCUT2D eigenvalue weighted by atomic mass is 10.2. The zero-order chi connectivity index (χ0) is 24.2. The van der Waals surface area contributed by atoms with Crippen molar-refractivity contribution in [2.24, 2.45) is 7.05 Å². The molecule has 2 N–H and O–H groups in total. The second-order valence-corrected chi connectivity index (χ2v) is 9.52. The van der Waals surface area contributed by atoms with Crippen molar-refractivity contribution in [3.05, 3.63) is 79.8 Å². The van der Waals surface area contributed by atoms with Gasteiger partial charge in [-0.3, -0.25) is 23.3 Å². The Morgan fingerprint density at radius 1 is 1.09 bits per heavy atom. The summed E-state index contributed by atoms with van der Waals surface area (Å²) in [6.07, 6.45) is 0.638. The fourth-order valence-corrected chi connectivity index (χ4v) is 5.11. The predicted molar refractivity (Wildman–Crippen MR) is 135 cm³/mol. The minimum atomic E-state index is -0.689. The van der Waals surface area contributed by atoms with Crippen LogP contribution in [0.15, 0.2) is 62.6 Å². The van der Waals surface area contributed by atoms with Crippen LogP contribution in [0.25, 0.3) is 10.7 Å². The number of carbonyl (C=O) groups excluding carboxylic acids is 1. The number of rotatable bonds is 9. The van der Waals surface area contributed by atoms with Gasteiger partial charge >= 0.3 is 5.69 Å². The summed E-state index contributed by atoms with van der Waals surface area (Å²) in [5.74, 6) is 0.0902. The number of nitrogen functional groups attached to an aromatic ring is 1. The van der Waals surface area contributed by atoms with Gasteiger partial charge in [0.2, 0.25) is 0 Å². The first kappa shape index (κ1) is 23.7. The SMILES string of the molecule is CCCn1c(N)c(C(=O)CSc2nnc(-c3cccs3)n2Cc2ccccc2)c(=O)n(C)c1=O. The number of hydrogen-bond donors (Lipinski definition) is 1. The highest BCUT2D eigenvalue weighted by Crippen LogP contribution is 2.28. The summed E-state index contributed by atoms with van der Waals surface area (Å²) < 4.78 is 4.15. The lowest BCUT2D eigenvalue weighted by Gasteiger charge is -2.14. The molecule has 3 aromatic heterocycles. The van der Waals surface area contributed by atoms with Crippen molar-refractivity contribution >= 4 is 34.7 Å². The molecule has 176 valence electrons. The number of carbonyl (C=O) groups is 1. The van der Waals surface area contributed by atoms with Crippen molar-refractivity contribution in [2.75, 3.05) is 11.5 Å². The van der Waals surface area contributed by atoms with E-state index in [1.165, 1.54) is 23.4 Å². The number of benzene rings is 1. The van der Waals surface area contributed by atoms with Crippen LogP contribution in [0.3, 0.4) is 0 Å². The molecule has 0 unspecified atom stereocenters. The third-order valence-electron chi connectivity index (χ3n) is 5.28. The smallest absolute Gasteiger partial charge is 0.332 e. The largest absolute Gasteiger partial charge is 0.384 e. The first-order chi connectivity index (χ1) is 16.4. The zero-order valence-corrected chi connectivity index (χ0v) is 20.4. The molecule has 9 nitrogen and oxygen atoms in total. The van der Waals surface area contributed by atoms with Gasteiger partial charge in [-0.1, -0.05) is 55.1 Å². The molecule has 4 aromatic rings. The van der Waals surface area contributed by atoms with E-state index in [2.05, 4.69) is 10.2 Å². The monoisotopic (exact) mass is 496 g/mol. The minimum absolute atomic E-state index is 0.0683. The Labute approximate surface area is 203 Å². The van der Waals surface area contributed by atoms with Gasteiger partial charge < -0.3 is 5.73 Å². The van der Waals surface area contributed by atoms with E-state index in [-0.39, 0.29) is 17.1 Å². The first-order valence-corrected chi connectivity index (χ1v) is 12.5. The molecule has 0 bridgehead atoms. The van der Waals surface area contributed by atoms with Gasteiger partial charge in [0.05, 0.1) is 17.2 Å². The van der Waals surface area contributed by atoms with Gasteiger partial charge in [-0.05, 0) is 23.4 Å². The molecule has 1 aromatic carbocycles. The summed E-state index contributed by atoms with van der Waals surface area (Å²) in [5.41, 5.74) is 5.77. The van der Waals surface area contributed by atoms with E-state index in [9.17, 15) is 14.4 Å². The number of ketones is 1. The van der Waals surface area contributed by atoms with Crippen LogP contribution < -0.4 is 17.0 Å². The molecule has 3 heterocycles. The van der Waals surface area contributed by atoms with Crippen LogP contribution in [0.1, 0.15) is 29.3 Å². The first-order valence-electron chi connectivity index (χ1n) is 10.7. The van der Waals surface area contributed by atoms with Crippen LogP contribution in [-0.4, -0.2) is 35.4 Å². The quantitative estimate of drug-likeness (QED) is 0.280. The number of hydrogen-bond acceptors (Lipinski definition) is 8. The van der Waals surface area contributed by atoms with E-state index < -0.39 is 17.0 Å². The van der Waals surface area contributed by atoms with Crippen LogP contribution in [0.2, 0.25) is 0 Å². The molecule has 0 radical (unpaired) electrons. The Morgan fingerprint density at radius 2 is 1.85 bits per heavy atom. The summed E-state index contributed by atoms with van der Waals surface area (Å²) in [5, 5.41) is 11.2. The van der Waals surface area contributed by atoms with Crippen molar-refractivity contribution in [3.8, 4) is 10.7 Å². The number of nitrogens with zero attached hydrogens (tertiary/aromatic N) is 5. The summed E-state index contributed by atoms with van der Waals surface area (Å²) in [6, 6.07) is 13.8. The maximum atomic E-state index is 13.1. The number of thiophene rings is 1. The average Bonchev–Trinajstić information content (AvgIpc) is 3.50. The molecule has 0 amide bonds. The number of anilines is 1. The molecule has 11 heteroatoms. The van der Waals surface area contributed by atoms with E-state index in [0.29, 0.717) is 30.5 Å². The van der Waals surface area contributed by atoms with Crippen LogP contribution in [0.4, 0.5) is 5.82 Å². The molecule has 0 aliphatic rings. The van der Waals surface area contributed by atoms with Gasteiger partial charge in [-0.15, -0.1) is 21.5 Å². The molecule has 0 saturated heterocycles. The van der Waals surface area contributed by atoms with Gasteiger partial charge in [-0.25, -0.2) is 4.79 Å². The van der Waals surface area contributed by atoms with Crippen molar-refractivity contribution in [1.29, 1.82) is 0 Å². The van der Waals surface area contributed by atoms with Gasteiger partial charge in [0.15, 0.2) is 16.8 Å². The summed E-state index contributed by atoms with van der Waals surface area (Å²) in [7, 11) is 1.35. The normalized spacial score (nSPS) is 11.1. The molecule has 0 spiro atoms.